The summed E-state index contributed by atoms with van der Waals surface area (Å²) in [7, 11) is 0. The highest BCUT2D eigenvalue weighted by Crippen LogP contribution is 2.24. The molecule has 1 aromatic heterocycles. The summed E-state index contributed by atoms with van der Waals surface area (Å²) in [4.78, 5) is 4.45. The van der Waals surface area contributed by atoms with Gasteiger partial charge < -0.3 is 4.57 Å². The van der Waals surface area contributed by atoms with E-state index in [1.54, 1.807) is 6.20 Å². The quantitative estimate of drug-likeness (QED) is 0.645. The molecule has 0 saturated heterocycles. The Kier molecular flexibility index (Phi) is 4.80. The Morgan fingerprint density at radius 2 is 2.04 bits per heavy atom. The molecule has 3 nitrogen and oxygen atoms in total. The summed E-state index contributed by atoms with van der Waals surface area (Å²) in [5.41, 5.74) is 2.82. The molecule has 0 aliphatic carbocycles. The second kappa shape index (κ2) is 6.99. The highest BCUT2D eigenvalue weighted by Gasteiger charge is 2.08. The number of halogens is 2. The summed E-state index contributed by atoms with van der Waals surface area (Å²) in [6.07, 6.45) is 4.43. The third kappa shape index (κ3) is 3.64. The van der Waals surface area contributed by atoms with Gasteiger partial charge in [-0.3, -0.25) is 0 Å². The van der Waals surface area contributed by atoms with Crippen LogP contribution in [0, 0.1) is 11.3 Å². The van der Waals surface area contributed by atoms with Gasteiger partial charge in [0.15, 0.2) is 0 Å². The molecule has 0 saturated carbocycles. The number of nitrogens with zero attached hydrogens (tertiary/aromatic N) is 3. The molecule has 0 fully saturated rings. The van der Waals surface area contributed by atoms with Gasteiger partial charge in [0.05, 0.1) is 23.2 Å². The lowest BCUT2D eigenvalue weighted by Crippen LogP contribution is -2.06. The van der Waals surface area contributed by atoms with Crippen molar-refractivity contribution in [3.05, 3.63) is 86.9 Å². The fraction of sp³-hybridized carbons (Fsp3) is 0.111. The zero-order valence-corrected chi connectivity index (χ0v) is 14.5. The predicted molar refractivity (Wildman–Crippen MR) is 94.4 cm³/mol. The smallest absolute Gasteiger partial charge is 0.113 e. The summed E-state index contributed by atoms with van der Waals surface area (Å²) < 4.78 is 2.95. The molecule has 0 radical (unpaired) electrons. The summed E-state index contributed by atoms with van der Waals surface area (Å²) in [6, 6.07) is 15.7. The number of rotatable bonds is 4. The molecule has 0 N–H and O–H groups in total. The molecule has 23 heavy (non-hydrogen) atoms. The average Bonchev–Trinajstić information content (AvgIpc) is 2.98. The van der Waals surface area contributed by atoms with E-state index >= 15 is 0 Å². The van der Waals surface area contributed by atoms with Gasteiger partial charge >= 0.3 is 0 Å². The molecule has 0 aliphatic rings. The average molecular weight is 387 g/mol. The van der Waals surface area contributed by atoms with Gasteiger partial charge in [-0.05, 0) is 45.3 Å². The lowest BCUT2D eigenvalue weighted by molar-refractivity contribution is 0.739. The van der Waals surface area contributed by atoms with E-state index < -0.39 is 0 Å². The van der Waals surface area contributed by atoms with E-state index in [2.05, 4.69) is 31.6 Å². The van der Waals surface area contributed by atoms with E-state index in [0.717, 1.165) is 21.4 Å². The molecule has 0 aliphatic heterocycles. The minimum absolute atomic E-state index is 0.633. The minimum Gasteiger partial charge on any atom is -0.330 e. The SMILES string of the molecule is N#Cc1ccccc1Cn1ccnc1Cc1ccc(Cl)c(Br)c1. The van der Waals surface area contributed by atoms with Crippen LogP contribution in [-0.2, 0) is 13.0 Å². The van der Waals surface area contributed by atoms with E-state index in [0.29, 0.717) is 23.6 Å². The van der Waals surface area contributed by atoms with Crippen LogP contribution in [0.5, 0.6) is 0 Å². The van der Waals surface area contributed by atoms with Crippen LogP contribution in [0.4, 0.5) is 0 Å². The van der Waals surface area contributed by atoms with Crippen LogP contribution in [-0.4, -0.2) is 9.55 Å². The van der Waals surface area contributed by atoms with Crippen LogP contribution in [0.25, 0.3) is 0 Å². The van der Waals surface area contributed by atoms with Crippen LogP contribution >= 0.6 is 27.5 Å². The molecular weight excluding hydrogens is 374 g/mol. The molecule has 0 atom stereocenters. The maximum atomic E-state index is 9.22. The molecule has 114 valence electrons. The van der Waals surface area contributed by atoms with Crippen molar-refractivity contribution in [2.45, 2.75) is 13.0 Å². The van der Waals surface area contributed by atoms with Crippen molar-refractivity contribution in [2.24, 2.45) is 0 Å². The van der Waals surface area contributed by atoms with Crippen molar-refractivity contribution in [2.75, 3.05) is 0 Å². The van der Waals surface area contributed by atoms with Crippen LogP contribution in [0.15, 0.2) is 59.3 Å². The topological polar surface area (TPSA) is 41.6 Å². The molecule has 1 heterocycles. The van der Waals surface area contributed by atoms with E-state index in [1.165, 1.54) is 0 Å². The lowest BCUT2D eigenvalue weighted by atomic mass is 10.1. The largest absolute Gasteiger partial charge is 0.330 e. The molecule has 0 unspecified atom stereocenters. The maximum absolute atomic E-state index is 9.22. The number of hydrogen-bond acceptors (Lipinski definition) is 2. The number of imidazole rings is 1. The standard InChI is InChI=1S/C18H13BrClN3/c19-16-9-13(5-6-17(16)20)10-18-22-7-8-23(18)12-15-4-2-1-3-14(15)11-21/h1-9H,10,12H2. The predicted octanol–water partition coefficient (Wildman–Crippen LogP) is 4.81. The molecule has 2 aromatic carbocycles. The molecule has 0 spiro atoms. The van der Waals surface area contributed by atoms with Gasteiger partial charge in [0.1, 0.15) is 5.82 Å². The third-order valence-corrected chi connectivity index (χ3v) is 4.84. The Labute approximate surface area is 148 Å². The van der Waals surface area contributed by atoms with E-state index in [-0.39, 0.29) is 0 Å². The van der Waals surface area contributed by atoms with Crippen molar-refractivity contribution in [3.8, 4) is 6.07 Å². The highest BCUT2D eigenvalue weighted by atomic mass is 79.9. The van der Waals surface area contributed by atoms with Crippen LogP contribution < -0.4 is 0 Å². The Balaban J connectivity index is 1.85. The summed E-state index contributed by atoms with van der Waals surface area (Å²) in [5, 5.41) is 9.91. The van der Waals surface area contributed by atoms with Gasteiger partial charge in [0.2, 0.25) is 0 Å². The lowest BCUT2D eigenvalue weighted by Gasteiger charge is -2.10. The molecule has 3 aromatic rings. The van der Waals surface area contributed by atoms with Gasteiger partial charge in [-0.25, -0.2) is 4.98 Å². The summed E-state index contributed by atoms with van der Waals surface area (Å²) in [5.74, 6) is 0.951. The van der Waals surface area contributed by atoms with E-state index in [4.69, 9.17) is 11.6 Å². The molecule has 0 bridgehead atoms. The van der Waals surface area contributed by atoms with Crippen LogP contribution in [0.3, 0.4) is 0 Å². The van der Waals surface area contributed by atoms with Gasteiger partial charge in [-0.15, -0.1) is 0 Å². The summed E-state index contributed by atoms with van der Waals surface area (Å²) in [6.45, 7) is 0.633. The zero-order chi connectivity index (χ0) is 16.2. The monoisotopic (exact) mass is 385 g/mol. The molecule has 3 rings (SSSR count). The Bertz CT molecular complexity index is 880. The maximum Gasteiger partial charge on any atom is 0.113 e. The van der Waals surface area contributed by atoms with Gasteiger partial charge in [0, 0.05) is 23.3 Å². The van der Waals surface area contributed by atoms with Crippen molar-refractivity contribution >= 4 is 27.5 Å². The fourth-order valence-corrected chi connectivity index (χ4v) is 2.98. The second-order valence-corrected chi connectivity index (χ2v) is 6.43. The number of nitriles is 1. The third-order valence-electron chi connectivity index (χ3n) is 3.63. The van der Waals surface area contributed by atoms with Crippen molar-refractivity contribution < 1.29 is 0 Å². The first kappa shape index (κ1) is 15.8. The fourth-order valence-electron chi connectivity index (χ4n) is 2.43. The van der Waals surface area contributed by atoms with Gasteiger partial charge in [-0.2, -0.15) is 5.26 Å². The minimum atomic E-state index is 0.633. The Morgan fingerprint density at radius 1 is 1.22 bits per heavy atom. The van der Waals surface area contributed by atoms with Gasteiger partial charge in [-0.1, -0.05) is 35.9 Å². The first-order chi connectivity index (χ1) is 11.2. The molecular formula is C18H13BrClN3. The van der Waals surface area contributed by atoms with E-state index in [9.17, 15) is 5.26 Å². The zero-order valence-electron chi connectivity index (χ0n) is 12.2. The number of benzene rings is 2. The van der Waals surface area contributed by atoms with Crippen molar-refractivity contribution in [1.29, 1.82) is 5.26 Å². The Hall–Kier alpha value is -2.09. The van der Waals surface area contributed by atoms with Crippen molar-refractivity contribution in [3.63, 3.8) is 0 Å². The molecule has 5 heteroatoms. The number of hydrogen-bond donors (Lipinski definition) is 0. The molecule has 0 amide bonds. The van der Waals surface area contributed by atoms with Crippen LogP contribution in [0.2, 0.25) is 5.02 Å². The number of aromatic nitrogens is 2. The van der Waals surface area contributed by atoms with Gasteiger partial charge in [0.25, 0.3) is 0 Å². The second-order valence-electron chi connectivity index (χ2n) is 5.17. The normalized spacial score (nSPS) is 10.5. The Morgan fingerprint density at radius 3 is 2.83 bits per heavy atom. The first-order valence-electron chi connectivity index (χ1n) is 7.09. The van der Waals surface area contributed by atoms with Crippen molar-refractivity contribution in [1.82, 2.24) is 9.55 Å². The van der Waals surface area contributed by atoms with Crippen LogP contribution in [0.1, 0.15) is 22.5 Å². The van der Waals surface area contributed by atoms with E-state index in [1.807, 2.05) is 48.7 Å². The highest BCUT2D eigenvalue weighted by molar-refractivity contribution is 9.10. The first-order valence-corrected chi connectivity index (χ1v) is 8.26. The summed E-state index contributed by atoms with van der Waals surface area (Å²) >= 11 is 9.48.